The first kappa shape index (κ1) is 12.3. The van der Waals surface area contributed by atoms with Gasteiger partial charge in [-0.2, -0.15) is 0 Å². The van der Waals surface area contributed by atoms with E-state index >= 15 is 0 Å². The molecule has 1 atom stereocenters. The van der Waals surface area contributed by atoms with Gasteiger partial charge in [0, 0.05) is 6.54 Å². The van der Waals surface area contributed by atoms with Gasteiger partial charge in [0.05, 0.1) is 9.98 Å². The van der Waals surface area contributed by atoms with Crippen molar-refractivity contribution in [3.8, 4) is 0 Å². The van der Waals surface area contributed by atoms with Crippen LogP contribution in [0, 0.1) is 0 Å². The molecule has 2 N–H and O–H groups in total. The molecule has 17 heavy (non-hydrogen) atoms. The van der Waals surface area contributed by atoms with Crippen LogP contribution in [-0.2, 0) is 4.79 Å². The molecule has 1 aliphatic rings. The molecule has 8 heteroatoms. The van der Waals surface area contributed by atoms with E-state index in [4.69, 9.17) is 5.11 Å². The number of carbonyl (C=O) groups is 2. The lowest BCUT2D eigenvalue weighted by Gasteiger charge is -2.20. The standard InChI is InChI=1S/C9H10BrN3O3S/c10-6-4-11-8(17-6)12-9(16)13-3-1-2-5(13)7(14)15/h4-5H,1-3H2,(H,14,15)(H,11,12,16). The summed E-state index contributed by atoms with van der Waals surface area (Å²) in [5.74, 6) is -0.960. The summed E-state index contributed by atoms with van der Waals surface area (Å²) in [4.78, 5) is 28.1. The lowest BCUT2D eigenvalue weighted by molar-refractivity contribution is -0.141. The number of rotatable bonds is 2. The fraction of sp³-hybridized carbons (Fsp3) is 0.444. The Morgan fingerprint density at radius 2 is 2.41 bits per heavy atom. The normalized spacial score (nSPS) is 19.4. The maximum Gasteiger partial charge on any atom is 0.326 e. The third-order valence-corrected chi connectivity index (χ3v) is 3.88. The highest BCUT2D eigenvalue weighted by molar-refractivity contribution is 9.11. The zero-order valence-corrected chi connectivity index (χ0v) is 11.1. The number of aromatic nitrogens is 1. The van der Waals surface area contributed by atoms with Crippen LogP contribution in [0.15, 0.2) is 9.98 Å². The number of halogens is 1. The molecule has 2 heterocycles. The van der Waals surface area contributed by atoms with Gasteiger partial charge in [-0.05, 0) is 28.8 Å². The van der Waals surface area contributed by atoms with Crippen LogP contribution in [0.5, 0.6) is 0 Å². The van der Waals surface area contributed by atoms with Crippen LogP contribution in [0.25, 0.3) is 0 Å². The number of carbonyl (C=O) groups excluding carboxylic acids is 1. The summed E-state index contributed by atoms with van der Waals surface area (Å²) in [5, 5.41) is 12.0. The summed E-state index contributed by atoms with van der Waals surface area (Å²) in [5.41, 5.74) is 0. The summed E-state index contributed by atoms with van der Waals surface area (Å²) in [6.45, 7) is 0.468. The Morgan fingerprint density at radius 1 is 1.65 bits per heavy atom. The molecule has 1 aromatic heterocycles. The van der Waals surface area contributed by atoms with Crippen LogP contribution in [0.4, 0.5) is 9.93 Å². The Labute approximate surface area is 110 Å². The molecule has 2 rings (SSSR count). The molecule has 0 aliphatic carbocycles. The zero-order chi connectivity index (χ0) is 12.4. The van der Waals surface area contributed by atoms with E-state index in [1.165, 1.54) is 16.2 Å². The van der Waals surface area contributed by atoms with Crippen molar-refractivity contribution >= 4 is 44.4 Å². The first-order chi connectivity index (χ1) is 8.08. The van der Waals surface area contributed by atoms with Gasteiger partial charge >= 0.3 is 12.0 Å². The Kier molecular flexibility index (Phi) is 3.63. The van der Waals surface area contributed by atoms with Gasteiger partial charge in [-0.15, -0.1) is 0 Å². The quantitative estimate of drug-likeness (QED) is 0.873. The molecule has 0 spiro atoms. The van der Waals surface area contributed by atoms with Crippen LogP contribution >= 0.6 is 27.3 Å². The Bertz CT molecular complexity index is 450. The molecule has 2 amide bonds. The predicted octanol–water partition coefficient (Wildman–Crippen LogP) is 1.99. The van der Waals surface area contributed by atoms with Crippen molar-refractivity contribution < 1.29 is 14.7 Å². The van der Waals surface area contributed by atoms with Crippen LogP contribution in [0.3, 0.4) is 0 Å². The number of hydrogen-bond donors (Lipinski definition) is 2. The third-order valence-electron chi connectivity index (χ3n) is 2.49. The van der Waals surface area contributed by atoms with Crippen LogP contribution in [-0.4, -0.2) is 39.6 Å². The number of thiazole rings is 1. The monoisotopic (exact) mass is 319 g/mol. The van der Waals surface area contributed by atoms with E-state index in [0.717, 1.165) is 3.79 Å². The fourth-order valence-electron chi connectivity index (χ4n) is 1.74. The van der Waals surface area contributed by atoms with Gasteiger partial charge in [0.2, 0.25) is 0 Å². The fourth-order valence-corrected chi connectivity index (χ4v) is 2.84. The van der Waals surface area contributed by atoms with Crippen LogP contribution < -0.4 is 5.32 Å². The van der Waals surface area contributed by atoms with Gasteiger partial charge < -0.3 is 10.0 Å². The van der Waals surface area contributed by atoms with E-state index in [2.05, 4.69) is 26.2 Å². The molecular weight excluding hydrogens is 310 g/mol. The summed E-state index contributed by atoms with van der Waals surface area (Å²) >= 11 is 4.52. The minimum absolute atomic E-state index is 0.406. The number of nitrogens with zero attached hydrogens (tertiary/aromatic N) is 2. The van der Waals surface area contributed by atoms with E-state index in [1.54, 1.807) is 6.20 Å². The van der Waals surface area contributed by atoms with Crippen molar-refractivity contribution in [2.75, 3.05) is 11.9 Å². The Balaban J connectivity index is 2.02. The van der Waals surface area contributed by atoms with Gasteiger partial charge in [0.25, 0.3) is 0 Å². The Morgan fingerprint density at radius 3 is 3.00 bits per heavy atom. The number of likely N-dealkylation sites (tertiary alicyclic amines) is 1. The van der Waals surface area contributed by atoms with E-state index in [-0.39, 0.29) is 0 Å². The molecule has 0 radical (unpaired) electrons. The van der Waals surface area contributed by atoms with E-state index in [0.29, 0.717) is 24.5 Å². The highest BCUT2D eigenvalue weighted by atomic mass is 79.9. The van der Waals surface area contributed by atoms with Gasteiger partial charge in [-0.25, -0.2) is 14.6 Å². The molecular formula is C9H10BrN3O3S. The molecule has 1 aliphatic heterocycles. The van der Waals surface area contributed by atoms with E-state index in [1.807, 2.05) is 0 Å². The van der Waals surface area contributed by atoms with Gasteiger partial charge in [-0.1, -0.05) is 11.3 Å². The van der Waals surface area contributed by atoms with Crippen molar-refractivity contribution in [2.45, 2.75) is 18.9 Å². The average Bonchev–Trinajstić information content (AvgIpc) is 2.86. The number of carboxylic acids is 1. The number of amides is 2. The molecule has 1 aromatic rings. The second kappa shape index (κ2) is 5.01. The van der Waals surface area contributed by atoms with Gasteiger partial charge in [0.1, 0.15) is 6.04 Å². The number of carboxylic acid groups (broad SMARTS) is 1. The molecule has 1 unspecified atom stereocenters. The van der Waals surface area contributed by atoms with Crippen molar-refractivity contribution in [3.63, 3.8) is 0 Å². The minimum Gasteiger partial charge on any atom is -0.480 e. The number of anilines is 1. The number of hydrogen-bond acceptors (Lipinski definition) is 4. The topological polar surface area (TPSA) is 82.5 Å². The largest absolute Gasteiger partial charge is 0.480 e. The smallest absolute Gasteiger partial charge is 0.326 e. The highest BCUT2D eigenvalue weighted by Crippen LogP contribution is 2.24. The maximum absolute atomic E-state index is 11.8. The van der Waals surface area contributed by atoms with Crippen molar-refractivity contribution in [2.24, 2.45) is 0 Å². The van der Waals surface area contributed by atoms with E-state index in [9.17, 15) is 9.59 Å². The molecule has 6 nitrogen and oxygen atoms in total. The van der Waals surface area contributed by atoms with Crippen molar-refractivity contribution in [1.82, 2.24) is 9.88 Å². The molecule has 1 fully saturated rings. The van der Waals surface area contributed by atoms with Gasteiger partial charge in [-0.3, -0.25) is 5.32 Å². The van der Waals surface area contributed by atoms with E-state index < -0.39 is 18.0 Å². The summed E-state index contributed by atoms with van der Waals surface area (Å²) < 4.78 is 0.809. The number of aliphatic carboxylic acids is 1. The predicted molar refractivity (Wildman–Crippen MR) is 66.2 cm³/mol. The lowest BCUT2D eigenvalue weighted by Crippen LogP contribution is -2.42. The average molecular weight is 320 g/mol. The summed E-state index contributed by atoms with van der Waals surface area (Å²) in [6, 6.07) is -1.13. The highest BCUT2D eigenvalue weighted by Gasteiger charge is 2.34. The van der Waals surface area contributed by atoms with Crippen molar-refractivity contribution in [1.29, 1.82) is 0 Å². The molecule has 0 saturated carbocycles. The minimum atomic E-state index is -0.960. The molecule has 0 bridgehead atoms. The van der Waals surface area contributed by atoms with Gasteiger partial charge in [0.15, 0.2) is 5.13 Å². The van der Waals surface area contributed by atoms with Crippen LogP contribution in [0.2, 0.25) is 0 Å². The molecule has 1 saturated heterocycles. The molecule has 0 aromatic carbocycles. The number of urea groups is 1. The maximum atomic E-state index is 11.8. The summed E-state index contributed by atoms with van der Waals surface area (Å²) in [7, 11) is 0. The first-order valence-corrected chi connectivity index (χ1v) is 6.60. The second-order valence-electron chi connectivity index (χ2n) is 3.59. The van der Waals surface area contributed by atoms with Crippen LogP contribution in [0.1, 0.15) is 12.8 Å². The first-order valence-electron chi connectivity index (χ1n) is 4.99. The SMILES string of the molecule is O=C(O)C1CCCN1C(=O)Nc1ncc(Br)s1. The second-order valence-corrected chi connectivity index (χ2v) is 6.00. The van der Waals surface area contributed by atoms with Crippen molar-refractivity contribution in [3.05, 3.63) is 9.98 Å². The summed E-state index contributed by atoms with van der Waals surface area (Å²) in [6.07, 6.45) is 2.80. The number of nitrogens with one attached hydrogen (secondary N) is 1. The Hall–Kier alpha value is -1.15. The lowest BCUT2D eigenvalue weighted by atomic mass is 10.2. The zero-order valence-electron chi connectivity index (χ0n) is 8.72. The molecule has 92 valence electrons. The third kappa shape index (κ3) is 2.75.